The van der Waals surface area contributed by atoms with Crippen LogP contribution in [0.4, 0.5) is 5.69 Å². The van der Waals surface area contributed by atoms with Gasteiger partial charge in [0.25, 0.3) is 0 Å². The molecule has 1 saturated carbocycles. The lowest BCUT2D eigenvalue weighted by Crippen LogP contribution is -2.26. The Morgan fingerprint density at radius 2 is 2.00 bits per heavy atom. The van der Waals surface area contributed by atoms with Gasteiger partial charge in [0, 0.05) is 48.8 Å². The average Bonchev–Trinajstić information content (AvgIpc) is 3.11. The molecule has 2 aromatic rings. The highest BCUT2D eigenvalue weighted by molar-refractivity contribution is 6.30. The fraction of sp³-hybridized carbons (Fsp3) is 0.333. The first kappa shape index (κ1) is 17.1. The molecule has 2 fully saturated rings. The number of halogens is 1. The Labute approximate surface area is 158 Å². The van der Waals surface area contributed by atoms with Gasteiger partial charge in [0.05, 0.1) is 0 Å². The third kappa shape index (κ3) is 3.91. The van der Waals surface area contributed by atoms with Crippen molar-refractivity contribution >= 4 is 29.3 Å². The van der Waals surface area contributed by atoms with E-state index in [2.05, 4.69) is 27.3 Å². The Morgan fingerprint density at radius 1 is 1.23 bits per heavy atom. The van der Waals surface area contributed by atoms with Gasteiger partial charge in [-0.05, 0) is 66.1 Å². The van der Waals surface area contributed by atoms with Crippen molar-refractivity contribution in [3.63, 3.8) is 0 Å². The molecule has 134 valence electrons. The lowest BCUT2D eigenvalue weighted by molar-refractivity contribution is -0.116. The number of nitrogens with one attached hydrogen (secondary N) is 1. The standard InChI is InChI=1S/C21H22ClN3O/c22-16-4-6-17(7-5-16)25-13-19-18(20(19)14-25)9-11-24-21(26)8-3-15-2-1-10-23-12-15/h1-8,10,12,18-20H,9,11,13-14H2,(H,24,26)/b8-3+. The molecule has 1 aliphatic carbocycles. The highest BCUT2D eigenvalue weighted by atomic mass is 35.5. The number of piperidine rings is 1. The zero-order chi connectivity index (χ0) is 17.9. The van der Waals surface area contributed by atoms with Gasteiger partial charge in [-0.3, -0.25) is 9.78 Å². The van der Waals surface area contributed by atoms with E-state index in [0.29, 0.717) is 0 Å². The van der Waals surface area contributed by atoms with Crippen LogP contribution >= 0.6 is 11.6 Å². The van der Waals surface area contributed by atoms with E-state index in [9.17, 15) is 4.79 Å². The van der Waals surface area contributed by atoms with Crippen LogP contribution in [0.25, 0.3) is 6.08 Å². The van der Waals surface area contributed by atoms with Gasteiger partial charge >= 0.3 is 0 Å². The molecule has 1 aliphatic heterocycles. The van der Waals surface area contributed by atoms with Crippen molar-refractivity contribution < 1.29 is 4.79 Å². The SMILES string of the molecule is O=C(/C=C/c1cccnc1)NCCC1C2CN(c3ccc(Cl)cc3)CC12. The summed E-state index contributed by atoms with van der Waals surface area (Å²) in [5.74, 6) is 2.26. The summed E-state index contributed by atoms with van der Waals surface area (Å²) in [6, 6.07) is 11.9. The number of amides is 1. The lowest BCUT2D eigenvalue weighted by atomic mass is 10.2. The Morgan fingerprint density at radius 3 is 2.69 bits per heavy atom. The molecule has 1 amide bonds. The molecule has 0 radical (unpaired) electrons. The third-order valence-corrected chi connectivity index (χ3v) is 5.70. The Kier molecular flexibility index (Phi) is 4.93. The quantitative estimate of drug-likeness (QED) is 0.793. The summed E-state index contributed by atoms with van der Waals surface area (Å²) in [6.45, 7) is 2.98. The van der Waals surface area contributed by atoms with Crippen LogP contribution in [-0.2, 0) is 4.79 Å². The summed E-state index contributed by atoms with van der Waals surface area (Å²) >= 11 is 5.96. The van der Waals surface area contributed by atoms with Crippen molar-refractivity contribution in [2.75, 3.05) is 24.5 Å². The number of pyridine rings is 1. The summed E-state index contributed by atoms with van der Waals surface area (Å²) in [5, 5.41) is 3.77. The predicted octanol–water partition coefficient (Wildman–Crippen LogP) is 3.64. The number of fused-ring (bicyclic) bond motifs is 1. The van der Waals surface area contributed by atoms with Crippen LogP contribution in [-0.4, -0.2) is 30.5 Å². The molecular weight excluding hydrogens is 346 g/mol. The van der Waals surface area contributed by atoms with E-state index in [1.54, 1.807) is 24.5 Å². The first-order valence-corrected chi connectivity index (χ1v) is 9.45. The van der Waals surface area contributed by atoms with E-state index in [1.165, 1.54) is 5.69 Å². The molecule has 2 aliphatic rings. The lowest BCUT2D eigenvalue weighted by Gasteiger charge is -2.22. The van der Waals surface area contributed by atoms with Crippen LogP contribution in [0.2, 0.25) is 5.02 Å². The van der Waals surface area contributed by atoms with Gasteiger partial charge in [-0.1, -0.05) is 17.7 Å². The molecule has 4 nitrogen and oxygen atoms in total. The van der Waals surface area contributed by atoms with Crippen LogP contribution in [0.5, 0.6) is 0 Å². The summed E-state index contributed by atoms with van der Waals surface area (Å²) in [4.78, 5) is 18.4. The fourth-order valence-corrected chi connectivity index (χ4v) is 4.13. The summed E-state index contributed by atoms with van der Waals surface area (Å²) in [5.41, 5.74) is 2.19. The van der Waals surface area contributed by atoms with E-state index in [4.69, 9.17) is 11.6 Å². The number of benzene rings is 1. The molecule has 5 heteroatoms. The minimum Gasteiger partial charge on any atom is -0.371 e. The molecule has 0 bridgehead atoms. The molecule has 0 spiro atoms. The molecular formula is C21H22ClN3O. The smallest absolute Gasteiger partial charge is 0.244 e. The molecule has 1 aromatic carbocycles. The highest BCUT2D eigenvalue weighted by Crippen LogP contribution is 2.54. The number of rotatable bonds is 6. The topological polar surface area (TPSA) is 45.2 Å². The Balaban J connectivity index is 1.17. The minimum absolute atomic E-state index is 0.0394. The normalized spacial score (nSPS) is 23.9. The molecule has 2 heterocycles. The number of carbonyl (C=O) groups excluding carboxylic acids is 1. The predicted molar refractivity (Wildman–Crippen MR) is 105 cm³/mol. The van der Waals surface area contributed by atoms with Crippen molar-refractivity contribution in [1.29, 1.82) is 0 Å². The third-order valence-electron chi connectivity index (χ3n) is 5.45. The second-order valence-corrected chi connectivity index (χ2v) is 7.51. The number of nitrogens with zero attached hydrogens (tertiary/aromatic N) is 2. The van der Waals surface area contributed by atoms with E-state index < -0.39 is 0 Å². The highest BCUT2D eigenvalue weighted by Gasteiger charge is 2.54. The maximum absolute atomic E-state index is 11.9. The van der Waals surface area contributed by atoms with Gasteiger partial charge in [-0.2, -0.15) is 0 Å². The second-order valence-electron chi connectivity index (χ2n) is 7.07. The molecule has 2 unspecified atom stereocenters. The first-order valence-electron chi connectivity index (χ1n) is 9.07. The van der Waals surface area contributed by atoms with Gasteiger partial charge in [-0.25, -0.2) is 0 Å². The van der Waals surface area contributed by atoms with Crippen LogP contribution in [0.15, 0.2) is 54.9 Å². The molecule has 4 rings (SSSR count). The molecule has 2 atom stereocenters. The largest absolute Gasteiger partial charge is 0.371 e. The maximum atomic E-state index is 11.9. The molecule has 1 aromatic heterocycles. The number of hydrogen-bond donors (Lipinski definition) is 1. The van der Waals surface area contributed by atoms with Crippen molar-refractivity contribution in [3.8, 4) is 0 Å². The van der Waals surface area contributed by atoms with Crippen molar-refractivity contribution in [2.24, 2.45) is 17.8 Å². The van der Waals surface area contributed by atoms with E-state index in [1.807, 2.05) is 24.3 Å². The zero-order valence-corrected chi connectivity index (χ0v) is 15.3. The molecule has 1 N–H and O–H groups in total. The number of carbonyl (C=O) groups is 1. The van der Waals surface area contributed by atoms with Crippen molar-refractivity contribution in [1.82, 2.24) is 10.3 Å². The zero-order valence-electron chi connectivity index (χ0n) is 14.5. The minimum atomic E-state index is -0.0394. The van der Waals surface area contributed by atoms with Gasteiger partial charge < -0.3 is 10.2 Å². The Bertz CT molecular complexity index is 779. The van der Waals surface area contributed by atoms with Gasteiger partial charge in [-0.15, -0.1) is 0 Å². The Hall–Kier alpha value is -2.33. The molecule has 1 saturated heterocycles. The maximum Gasteiger partial charge on any atom is 0.244 e. The van der Waals surface area contributed by atoms with Gasteiger partial charge in [0.1, 0.15) is 0 Å². The first-order chi connectivity index (χ1) is 12.7. The summed E-state index contributed by atoms with van der Waals surface area (Å²) in [6.07, 6.45) is 7.89. The van der Waals surface area contributed by atoms with Crippen LogP contribution < -0.4 is 10.2 Å². The van der Waals surface area contributed by atoms with Gasteiger partial charge in [0.15, 0.2) is 0 Å². The van der Waals surface area contributed by atoms with Gasteiger partial charge in [0.2, 0.25) is 5.91 Å². The van der Waals surface area contributed by atoms with E-state index in [-0.39, 0.29) is 5.91 Å². The van der Waals surface area contributed by atoms with E-state index >= 15 is 0 Å². The molecule has 26 heavy (non-hydrogen) atoms. The number of anilines is 1. The van der Waals surface area contributed by atoms with Crippen LogP contribution in [0.3, 0.4) is 0 Å². The monoisotopic (exact) mass is 367 g/mol. The number of aromatic nitrogens is 1. The van der Waals surface area contributed by atoms with Crippen LogP contribution in [0.1, 0.15) is 12.0 Å². The van der Waals surface area contributed by atoms with E-state index in [0.717, 1.165) is 54.4 Å². The van der Waals surface area contributed by atoms with Crippen LogP contribution in [0, 0.1) is 17.8 Å². The second kappa shape index (κ2) is 7.50. The summed E-state index contributed by atoms with van der Waals surface area (Å²) < 4.78 is 0. The van der Waals surface area contributed by atoms with Crippen molar-refractivity contribution in [3.05, 3.63) is 65.5 Å². The summed E-state index contributed by atoms with van der Waals surface area (Å²) in [7, 11) is 0. The fourth-order valence-electron chi connectivity index (χ4n) is 4.01. The average molecular weight is 368 g/mol. The van der Waals surface area contributed by atoms with Crippen molar-refractivity contribution in [2.45, 2.75) is 6.42 Å². The number of hydrogen-bond acceptors (Lipinski definition) is 3.